The van der Waals surface area contributed by atoms with Gasteiger partial charge in [0.15, 0.2) is 0 Å². The topological polar surface area (TPSA) is 23.6 Å². The van der Waals surface area contributed by atoms with E-state index in [1.54, 1.807) is 6.07 Å². The van der Waals surface area contributed by atoms with Gasteiger partial charge in [0.25, 0.3) is 0 Å². The molecular weight excluding hydrogens is 510 g/mol. The van der Waals surface area contributed by atoms with E-state index in [2.05, 4.69) is 4.90 Å². The Bertz CT molecular complexity index is 1190. The van der Waals surface area contributed by atoms with Crippen LogP contribution in [0.5, 0.6) is 0 Å². The van der Waals surface area contributed by atoms with Crippen LogP contribution in [0.1, 0.15) is 36.4 Å². The van der Waals surface area contributed by atoms with Crippen molar-refractivity contribution in [3.8, 4) is 0 Å². The van der Waals surface area contributed by atoms with Gasteiger partial charge in [-0.2, -0.15) is 0 Å². The van der Waals surface area contributed by atoms with Gasteiger partial charge in [0.2, 0.25) is 5.91 Å². The van der Waals surface area contributed by atoms with Crippen LogP contribution in [0.2, 0.25) is 20.1 Å². The highest BCUT2D eigenvalue weighted by Crippen LogP contribution is 2.46. The summed E-state index contributed by atoms with van der Waals surface area (Å²) in [4.78, 5) is 18.3. The molecule has 1 saturated heterocycles. The maximum atomic E-state index is 14.0. The second kappa shape index (κ2) is 9.62. The summed E-state index contributed by atoms with van der Waals surface area (Å²) in [6.45, 7) is 1.85. The Hall–Kier alpha value is -1.91. The number of anilines is 1. The van der Waals surface area contributed by atoms with Crippen molar-refractivity contribution in [2.45, 2.75) is 30.7 Å². The highest BCUT2D eigenvalue weighted by Gasteiger charge is 2.48. The molecule has 7 heteroatoms. The third-order valence-corrected chi connectivity index (χ3v) is 8.20. The summed E-state index contributed by atoms with van der Waals surface area (Å²) in [6.07, 6.45) is 2.78. The van der Waals surface area contributed by atoms with Gasteiger partial charge in [-0.05, 0) is 66.4 Å². The predicted octanol–water partition coefficient (Wildman–Crippen LogP) is 7.81. The quantitative estimate of drug-likeness (QED) is 0.341. The number of hydrogen-bond donors (Lipinski definition) is 0. The first-order valence-electron chi connectivity index (χ1n) is 11.4. The van der Waals surface area contributed by atoms with Crippen LogP contribution in [0.15, 0.2) is 66.7 Å². The predicted molar refractivity (Wildman–Crippen MR) is 142 cm³/mol. The normalized spacial score (nSPS) is 19.6. The van der Waals surface area contributed by atoms with E-state index in [9.17, 15) is 4.79 Å². The standard InChI is InChI=1S/C27H24Cl4N2O/c28-20-6-2-18(3-7-20)25-17-32(14-15-33(25)24-11-10-22(30)16-23(24)31)26(34)27(12-1-13-27)19-4-8-21(29)9-5-19/h2-11,16,25H,1,12-15,17H2. The van der Waals surface area contributed by atoms with E-state index in [1.807, 2.05) is 65.6 Å². The number of rotatable bonds is 4. The molecule has 3 nitrogen and oxygen atoms in total. The van der Waals surface area contributed by atoms with Gasteiger partial charge in [-0.3, -0.25) is 4.79 Å². The summed E-state index contributed by atoms with van der Waals surface area (Å²) < 4.78 is 0. The lowest BCUT2D eigenvalue weighted by Crippen LogP contribution is -2.57. The highest BCUT2D eigenvalue weighted by molar-refractivity contribution is 6.36. The number of halogens is 4. The van der Waals surface area contributed by atoms with Gasteiger partial charge in [-0.1, -0.05) is 77.1 Å². The van der Waals surface area contributed by atoms with Crippen molar-refractivity contribution >= 4 is 58.0 Å². The van der Waals surface area contributed by atoms with E-state index in [4.69, 9.17) is 46.4 Å². The third-order valence-electron chi connectivity index (χ3n) is 7.15. The highest BCUT2D eigenvalue weighted by atomic mass is 35.5. The first-order valence-corrected chi connectivity index (χ1v) is 12.9. The zero-order valence-electron chi connectivity index (χ0n) is 18.5. The average Bonchev–Trinajstić information content (AvgIpc) is 2.80. The summed E-state index contributed by atoms with van der Waals surface area (Å²) in [5, 5.41) is 2.56. The van der Waals surface area contributed by atoms with Crippen molar-refractivity contribution in [1.29, 1.82) is 0 Å². The number of piperazine rings is 1. The first kappa shape index (κ1) is 23.8. The van der Waals surface area contributed by atoms with Crippen LogP contribution in [0.25, 0.3) is 0 Å². The van der Waals surface area contributed by atoms with Crippen LogP contribution in [-0.4, -0.2) is 30.4 Å². The van der Waals surface area contributed by atoms with E-state index < -0.39 is 5.41 Å². The minimum Gasteiger partial charge on any atom is -0.360 e. The number of nitrogens with zero attached hydrogens (tertiary/aromatic N) is 2. The zero-order chi connectivity index (χ0) is 23.9. The summed E-state index contributed by atoms with van der Waals surface area (Å²) in [5.74, 6) is 0.196. The number of carbonyl (C=O) groups is 1. The van der Waals surface area contributed by atoms with E-state index in [1.165, 1.54) is 0 Å². The van der Waals surface area contributed by atoms with Crippen molar-refractivity contribution in [3.05, 3.63) is 97.9 Å². The molecule has 2 fully saturated rings. The minimum atomic E-state index is -0.463. The maximum absolute atomic E-state index is 14.0. The van der Waals surface area contributed by atoms with E-state index >= 15 is 0 Å². The molecule has 5 rings (SSSR count). The van der Waals surface area contributed by atoms with Crippen molar-refractivity contribution in [2.75, 3.05) is 24.5 Å². The molecule has 0 bridgehead atoms. The second-order valence-corrected chi connectivity index (χ2v) is 10.8. The fourth-order valence-corrected chi connectivity index (χ4v) is 5.94. The van der Waals surface area contributed by atoms with Gasteiger partial charge in [-0.15, -0.1) is 0 Å². The lowest BCUT2D eigenvalue weighted by atomic mass is 9.63. The van der Waals surface area contributed by atoms with Crippen LogP contribution >= 0.6 is 46.4 Å². The van der Waals surface area contributed by atoms with Gasteiger partial charge < -0.3 is 9.80 Å². The molecule has 1 amide bonds. The van der Waals surface area contributed by atoms with E-state index in [0.717, 1.165) is 36.1 Å². The molecule has 1 aliphatic carbocycles. The lowest BCUT2D eigenvalue weighted by molar-refractivity contribution is -0.141. The van der Waals surface area contributed by atoms with Crippen LogP contribution < -0.4 is 4.90 Å². The number of hydrogen-bond acceptors (Lipinski definition) is 2. The summed E-state index contributed by atoms with van der Waals surface area (Å²) in [7, 11) is 0. The largest absolute Gasteiger partial charge is 0.360 e. The number of benzene rings is 3. The molecule has 1 unspecified atom stereocenters. The molecule has 0 N–H and O–H groups in total. The molecule has 0 aromatic heterocycles. The summed E-state index contributed by atoms with van der Waals surface area (Å²) in [6, 6.07) is 21.1. The summed E-state index contributed by atoms with van der Waals surface area (Å²) >= 11 is 25.0. The van der Waals surface area contributed by atoms with Crippen LogP contribution in [0.3, 0.4) is 0 Å². The molecule has 1 saturated carbocycles. The van der Waals surface area contributed by atoms with Gasteiger partial charge in [0.1, 0.15) is 0 Å². The van der Waals surface area contributed by atoms with Gasteiger partial charge in [0.05, 0.1) is 22.2 Å². The van der Waals surface area contributed by atoms with Gasteiger partial charge >= 0.3 is 0 Å². The van der Waals surface area contributed by atoms with E-state index in [0.29, 0.717) is 39.7 Å². The lowest BCUT2D eigenvalue weighted by Gasteiger charge is -2.49. The molecule has 176 valence electrons. The van der Waals surface area contributed by atoms with Crippen molar-refractivity contribution < 1.29 is 4.79 Å². The van der Waals surface area contributed by atoms with Crippen LogP contribution in [0, 0.1) is 0 Å². The minimum absolute atomic E-state index is 0.0593. The fraction of sp³-hybridized carbons (Fsp3) is 0.296. The molecular formula is C27H24Cl4N2O. The number of carbonyl (C=O) groups excluding carboxylic acids is 1. The molecule has 1 atom stereocenters. The summed E-state index contributed by atoms with van der Waals surface area (Å²) in [5.41, 5.74) is 2.59. The van der Waals surface area contributed by atoms with Crippen molar-refractivity contribution in [1.82, 2.24) is 4.90 Å². The molecule has 2 aliphatic rings. The molecule has 3 aromatic rings. The molecule has 34 heavy (non-hydrogen) atoms. The Morgan fingerprint density at radius 3 is 2.00 bits per heavy atom. The van der Waals surface area contributed by atoms with Crippen molar-refractivity contribution in [2.24, 2.45) is 0 Å². The van der Waals surface area contributed by atoms with E-state index in [-0.39, 0.29) is 11.9 Å². The number of amides is 1. The second-order valence-electron chi connectivity index (χ2n) is 9.05. The smallest absolute Gasteiger partial charge is 0.233 e. The molecule has 0 spiro atoms. The Kier molecular flexibility index (Phi) is 6.74. The Morgan fingerprint density at radius 2 is 1.41 bits per heavy atom. The van der Waals surface area contributed by atoms with Gasteiger partial charge in [0, 0.05) is 34.7 Å². The zero-order valence-corrected chi connectivity index (χ0v) is 21.5. The average molecular weight is 534 g/mol. The SMILES string of the molecule is O=C(N1CCN(c2ccc(Cl)cc2Cl)C(c2ccc(Cl)cc2)C1)C1(c2ccc(Cl)cc2)CCC1. The first-order chi connectivity index (χ1) is 16.4. The Balaban J connectivity index is 1.47. The van der Waals surface area contributed by atoms with Crippen LogP contribution in [0.4, 0.5) is 5.69 Å². The Labute approximate surface area is 220 Å². The maximum Gasteiger partial charge on any atom is 0.233 e. The third kappa shape index (κ3) is 4.40. The fourth-order valence-electron chi connectivity index (χ4n) is 5.17. The molecule has 0 radical (unpaired) electrons. The molecule has 3 aromatic carbocycles. The van der Waals surface area contributed by atoms with Gasteiger partial charge in [-0.25, -0.2) is 0 Å². The van der Waals surface area contributed by atoms with Crippen molar-refractivity contribution in [3.63, 3.8) is 0 Å². The monoisotopic (exact) mass is 532 g/mol. The van der Waals surface area contributed by atoms with Crippen LogP contribution in [-0.2, 0) is 10.2 Å². The molecule has 1 heterocycles. The molecule has 1 aliphatic heterocycles. The Morgan fingerprint density at radius 1 is 0.794 bits per heavy atom.